The van der Waals surface area contributed by atoms with E-state index in [-0.39, 0.29) is 17.8 Å². The van der Waals surface area contributed by atoms with Gasteiger partial charge in [-0.15, -0.1) is 0 Å². The van der Waals surface area contributed by atoms with Gasteiger partial charge in [0.05, 0.1) is 6.04 Å². The topological polar surface area (TPSA) is 30.0 Å². The molecule has 0 radical (unpaired) electrons. The summed E-state index contributed by atoms with van der Waals surface area (Å²) in [6.45, 7) is 13.6. The van der Waals surface area contributed by atoms with Crippen LogP contribution in [0, 0.1) is 5.82 Å². The quantitative estimate of drug-likeness (QED) is 0.785. The smallest absolute Gasteiger partial charge is 0.239 e. The highest BCUT2D eigenvalue weighted by Crippen LogP contribution is 2.14. The number of amides is 1. The Balaban J connectivity index is 1.49. The number of hydrogen-bond acceptors (Lipinski definition) is 4. The lowest BCUT2D eigenvalue weighted by atomic mass is 10.2. The molecule has 1 aromatic carbocycles. The van der Waals surface area contributed by atoms with Gasteiger partial charge in [0.1, 0.15) is 5.82 Å². The van der Waals surface area contributed by atoms with Gasteiger partial charge in [0.25, 0.3) is 0 Å². The fourth-order valence-electron chi connectivity index (χ4n) is 4.09. The molecule has 27 heavy (non-hydrogen) atoms. The maximum Gasteiger partial charge on any atom is 0.239 e. The van der Waals surface area contributed by atoms with Gasteiger partial charge in [-0.3, -0.25) is 14.6 Å². The SMILES string of the molecule is CCN1CCN(C(=O)C(C)N2CCCN(Cc3ccc(F)cc3)CC2)CC1. The summed E-state index contributed by atoms with van der Waals surface area (Å²) < 4.78 is 13.1. The first-order chi connectivity index (χ1) is 13.1. The lowest BCUT2D eigenvalue weighted by molar-refractivity contribution is -0.138. The summed E-state index contributed by atoms with van der Waals surface area (Å²) >= 11 is 0. The number of likely N-dealkylation sites (N-methyl/N-ethyl adjacent to an activating group) is 1. The van der Waals surface area contributed by atoms with Crippen molar-refractivity contribution in [3.8, 4) is 0 Å². The molecule has 2 aliphatic heterocycles. The van der Waals surface area contributed by atoms with Crippen LogP contribution in [0.25, 0.3) is 0 Å². The summed E-state index contributed by atoms with van der Waals surface area (Å²) in [5, 5.41) is 0. The zero-order chi connectivity index (χ0) is 19.2. The first-order valence-corrected chi connectivity index (χ1v) is 10.3. The molecule has 1 unspecified atom stereocenters. The molecular formula is C21H33FN4O. The van der Waals surface area contributed by atoms with Crippen LogP contribution in [0.5, 0.6) is 0 Å². The van der Waals surface area contributed by atoms with Gasteiger partial charge in [0, 0.05) is 52.4 Å². The zero-order valence-electron chi connectivity index (χ0n) is 16.7. The molecule has 2 heterocycles. The molecule has 0 spiro atoms. The Morgan fingerprint density at radius 3 is 2.30 bits per heavy atom. The van der Waals surface area contributed by atoms with Crippen molar-refractivity contribution in [2.45, 2.75) is 32.9 Å². The van der Waals surface area contributed by atoms with E-state index in [2.05, 4.69) is 28.5 Å². The molecule has 0 aliphatic carbocycles. The highest BCUT2D eigenvalue weighted by Gasteiger charge is 2.29. The van der Waals surface area contributed by atoms with Crippen LogP contribution < -0.4 is 0 Å². The van der Waals surface area contributed by atoms with Crippen LogP contribution in [0.3, 0.4) is 0 Å². The fourth-order valence-corrected chi connectivity index (χ4v) is 4.09. The van der Waals surface area contributed by atoms with E-state index in [1.807, 2.05) is 17.0 Å². The van der Waals surface area contributed by atoms with Crippen molar-refractivity contribution in [3.05, 3.63) is 35.6 Å². The van der Waals surface area contributed by atoms with Crippen LogP contribution in [0.15, 0.2) is 24.3 Å². The molecule has 6 heteroatoms. The van der Waals surface area contributed by atoms with Gasteiger partial charge in [-0.1, -0.05) is 19.1 Å². The second-order valence-corrected chi connectivity index (χ2v) is 7.73. The highest BCUT2D eigenvalue weighted by molar-refractivity contribution is 5.81. The molecule has 150 valence electrons. The lowest BCUT2D eigenvalue weighted by Gasteiger charge is -2.37. The molecule has 0 bridgehead atoms. The molecular weight excluding hydrogens is 343 g/mol. The molecule has 2 saturated heterocycles. The summed E-state index contributed by atoms with van der Waals surface area (Å²) in [6.07, 6.45) is 1.06. The standard InChI is InChI=1S/C21H33FN4O/c1-3-23-11-15-26(16-12-23)21(27)18(2)25-10-4-9-24(13-14-25)17-19-5-7-20(22)8-6-19/h5-8,18H,3-4,9-17H2,1-2H3. The Labute approximate surface area is 162 Å². The monoisotopic (exact) mass is 376 g/mol. The van der Waals surface area contributed by atoms with Crippen molar-refractivity contribution >= 4 is 5.91 Å². The van der Waals surface area contributed by atoms with E-state index < -0.39 is 0 Å². The van der Waals surface area contributed by atoms with Gasteiger partial charge in [0.2, 0.25) is 5.91 Å². The fraction of sp³-hybridized carbons (Fsp3) is 0.667. The van der Waals surface area contributed by atoms with Crippen molar-refractivity contribution in [1.82, 2.24) is 19.6 Å². The Morgan fingerprint density at radius 1 is 0.963 bits per heavy atom. The highest BCUT2D eigenvalue weighted by atomic mass is 19.1. The number of halogens is 1. The molecule has 1 atom stereocenters. The van der Waals surface area contributed by atoms with Crippen molar-refractivity contribution in [3.63, 3.8) is 0 Å². The Bertz CT molecular complexity index is 601. The maximum absolute atomic E-state index is 13.1. The van der Waals surface area contributed by atoms with Crippen LogP contribution in [0.2, 0.25) is 0 Å². The van der Waals surface area contributed by atoms with Crippen LogP contribution in [0.1, 0.15) is 25.8 Å². The first kappa shape index (κ1) is 20.2. The molecule has 5 nitrogen and oxygen atoms in total. The molecule has 0 aromatic heterocycles. The summed E-state index contributed by atoms with van der Waals surface area (Å²) in [4.78, 5) is 22.1. The van der Waals surface area contributed by atoms with E-state index in [1.165, 1.54) is 12.1 Å². The normalized spacial score (nSPS) is 21.8. The Hall–Kier alpha value is -1.50. The van der Waals surface area contributed by atoms with Gasteiger partial charge in [-0.05, 0) is 44.1 Å². The third-order valence-corrected chi connectivity index (χ3v) is 5.98. The molecule has 3 rings (SSSR count). The van der Waals surface area contributed by atoms with Crippen molar-refractivity contribution in [1.29, 1.82) is 0 Å². The van der Waals surface area contributed by atoms with Gasteiger partial charge in [-0.2, -0.15) is 0 Å². The summed E-state index contributed by atoms with van der Waals surface area (Å²) in [5.74, 6) is 0.0886. The zero-order valence-corrected chi connectivity index (χ0v) is 16.7. The van der Waals surface area contributed by atoms with Crippen LogP contribution in [-0.4, -0.2) is 90.5 Å². The van der Waals surface area contributed by atoms with Crippen molar-refractivity contribution < 1.29 is 9.18 Å². The van der Waals surface area contributed by atoms with E-state index in [9.17, 15) is 9.18 Å². The Kier molecular flexibility index (Phi) is 7.21. The lowest BCUT2D eigenvalue weighted by Crippen LogP contribution is -2.54. The summed E-state index contributed by atoms with van der Waals surface area (Å²) in [6, 6.07) is 6.72. The average Bonchev–Trinajstić information content (AvgIpc) is 2.94. The second kappa shape index (κ2) is 9.62. The van der Waals surface area contributed by atoms with Crippen molar-refractivity contribution in [2.75, 3.05) is 58.9 Å². The van der Waals surface area contributed by atoms with Crippen LogP contribution >= 0.6 is 0 Å². The first-order valence-electron chi connectivity index (χ1n) is 10.3. The number of carbonyl (C=O) groups is 1. The van der Waals surface area contributed by atoms with Gasteiger partial charge >= 0.3 is 0 Å². The van der Waals surface area contributed by atoms with E-state index >= 15 is 0 Å². The minimum absolute atomic E-state index is 0.0519. The number of rotatable bonds is 5. The predicted octanol–water partition coefficient (Wildman–Crippen LogP) is 1.89. The summed E-state index contributed by atoms with van der Waals surface area (Å²) in [7, 11) is 0. The third kappa shape index (κ3) is 5.50. The van der Waals surface area contributed by atoms with E-state index in [1.54, 1.807) is 0 Å². The number of nitrogens with zero attached hydrogens (tertiary/aromatic N) is 4. The van der Waals surface area contributed by atoms with E-state index in [0.29, 0.717) is 0 Å². The van der Waals surface area contributed by atoms with Gasteiger partial charge in [-0.25, -0.2) is 4.39 Å². The van der Waals surface area contributed by atoms with E-state index in [0.717, 1.165) is 77.4 Å². The second-order valence-electron chi connectivity index (χ2n) is 7.73. The van der Waals surface area contributed by atoms with Gasteiger partial charge < -0.3 is 9.80 Å². The van der Waals surface area contributed by atoms with Gasteiger partial charge in [0.15, 0.2) is 0 Å². The number of carbonyl (C=O) groups excluding carboxylic acids is 1. The maximum atomic E-state index is 13.1. The molecule has 0 N–H and O–H groups in total. The van der Waals surface area contributed by atoms with Crippen LogP contribution in [-0.2, 0) is 11.3 Å². The molecule has 2 fully saturated rings. The molecule has 2 aliphatic rings. The minimum Gasteiger partial charge on any atom is -0.339 e. The van der Waals surface area contributed by atoms with Crippen molar-refractivity contribution in [2.24, 2.45) is 0 Å². The number of piperazine rings is 1. The van der Waals surface area contributed by atoms with Crippen LogP contribution in [0.4, 0.5) is 4.39 Å². The Morgan fingerprint density at radius 2 is 1.63 bits per heavy atom. The predicted molar refractivity (Wildman–Crippen MR) is 106 cm³/mol. The molecule has 1 amide bonds. The molecule has 0 saturated carbocycles. The average molecular weight is 377 g/mol. The largest absolute Gasteiger partial charge is 0.339 e. The third-order valence-electron chi connectivity index (χ3n) is 5.98. The number of benzene rings is 1. The van der Waals surface area contributed by atoms with E-state index in [4.69, 9.17) is 0 Å². The number of hydrogen-bond donors (Lipinski definition) is 0. The summed E-state index contributed by atoms with van der Waals surface area (Å²) in [5.41, 5.74) is 1.14. The molecule has 1 aromatic rings. The minimum atomic E-state index is -0.187.